The molecule has 2 aromatic rings. The number of unbranched alkanes of at least 4 members (excludes halogenated alkanes) is 1. The van der Waals surface area contributed by atoms with Crippen LogP contribution in [-0.4, -0.2) is 50.5 Å². The average Bonchev–Trinajstić information content (AvgIpc) is 2.76. The molecule has 7 nitrogen and oxygen atoms in total. The van der Waals surface area contributed by atoms with Gasteiger partial charge < -0.3 is 10.2 Å². The maximum Gasteiger partial charge on any atom is 0.244 e. The van der Waals surface area contributed by atoms with Crippen LogP contribution in [0.25, 0.3) is 0 Å². The lowest BCUT2D eigenvalue weighted by atomic mass is 10.1. The molecule has 2 rings (SSSR count). The van der Waals surface area contributed by atoms with Gasteiger partial charge >= 0.3 is 0 Å². The number of hydrogen-bond donors (Lipinski definition) is 1. The van der Waals surface area contributed by atoms with Crippen LogP contribution in [0.1, 0.15) is 48.9 Å². The van der Waals surface area contributed by atoms with E-state index in [0.717, 1.165) is 45.7 Å². The number of rotatable bonds is 11. The number of carbonyl (C=O) groups excluding carboxylic acids is 2. The van der Waals surface area contributed by atoms with Crippen molar-refractivity contribution in [2.24, 2.45) is 0 Å². The molecular weight excluding hydrogens is 450 g/mol. The lowest BCUT2D eigenvalue weighted by Crippen LogP contribution is -2.51. The first kappa shape index (κ1) is 27.4. The summed E-state index contributed by atoms with van der Waals surface area (Å²) < 4.78 is 26.5. The van der Waals surface area contributed by atoms with Crippen molar-refractivity contribution in [3.8, 4) is 0 Å². The van der Waals surface area contributed by atoms with Crippen molar-refractivity contribution in [2.75, 3.05) is 23.7 Å². The Bertz CT molecular complexity index is 1110. The normalized spacial score (nSPS) is 12.2. The van der Waals surface area contributed by atoms with Crippen LogP contribution in [-0.2, 0) is 26.2 Å². The van der Waals surface area contributed by atoms with Crippen molar-refractivity contribution in [3.63, 3.8) is 0 Å². The SMILES string of the molecule is CCCCNC(=O)[C@@H](C)N(Cc1cccc(C)c1)C(=O)CN(c1cc(C)ccc1C)S(C)(=O)=O. The Labute approximate surface area is 204 Å². The molecule has 34 heavy (non-hydrogen) atoms. The van der Waals surface area contributed by atoms with E-state index < -0.39 is 22.0 Å². The summed E-state index contributed by atoms with van der Waals surface area (Å²) in [5, 5.41) is 2.88. The summed E-state index contributed by atoms with van der Waals surface area (Å²) >= 11 is 0. The second kappa shape index (κ2) is 12.0. The molecule has 2 amide bonds. The number of anilines is 1. The van der Waals surface area contributed by atoms with Gasteiger partial charge in [-0.15, -0.1) is 0 Å². The third-order valence-electron chi connectivity index (χ3n) is 5.74. The van der Waals surface area contributed by atoms with Gasteiger partial charge in [-0.25, -0.2) is 8.42 Å². The predicted molar refractivity (Wildman–Crippen MR) is 137 cm³/mol. The fourth-order valence-corrected chi connectivity index (χ4v) is 4.61. The van der Waals surface area contributed by atoms with E-state index in [0.29, 0.717) is 12.2 Å². The Morgan fingerprint density at radius 2 is 1.71 bits per heavy atom. The molecule has 0 aliphatic heterocycles. The minimum atomic E-state index is -3.74. The lowest BCUT2D eigenvalue weighted by molar-refractivity contribution is -0.139. The standard InChI is InChI=1S/C26H37N3O4S/c1-7-8-14-27-26(31)22(5)28(17-23-11-9-10-19(2)15-23)25(30)18-29(34(6,32)33)24-16-20(3)12-13-21(24)4/h9-13,15-16,22H,7-8,14,17-18H2,1-6H3,(H,27,31)/t22-/m1/s1. The molecule has 0 heterocycles. The molecule has 8 heteroatoms. The Hall–Kier alpha value is -2.87. The second-order valence-corrected chi connectivity index (χ2v) is 10.8. The summed E-state index contributed by atoms with van der Waals surface area (Å²) in [4.78, 5) is 27.9. The minimum Gasteiger partial charge on any atom is -0.354 e. The van der Waals surface area contributed by atoms with Gasteiger partial charge in [-0.05, 0) is 56.9 Å². The van der Waals surface area contributed by atoms with E-state index in [1.807, 2.05) is 64.1 Å². The zero-order valence-corrected chi connectivity index (χ0v) is 21.9. The molecule has 0 unspecified atom stereocenters. The number of hydrogen-bond acceptors (Lipinski definition) is 4. The number of carbonyl (C=O) groups is 2. The molecule has 186 valence electrons. The van der Waals surface area contributed by atoms with Crippen molar-refractivity contribution in [2.45, 2.75) is 60.0 Å². The average molecular weight is 488 g/mol. The Kier molecular flexibility index (Phi) is 9.67. The van der Waals surface area contributed by atoms with E-state index in [9.17, 15) is 18.0 Å². The van der Waals surface area contributed by atoms with Crippen molar-refractivity contribution in [1.29, 1.82) is 0 Å². The van der Waals surface area contributed by atoms with Crippen molar-refractivity contribution in [1.82, 2.24) is 10.2 Å². The van der Waals surface area contributed by atoms with Gasteiger partial charge in [-0.1, -0.05) is 55.3 Å². The highest BCUT2D eigenvalue weighted by atomic mass is 32.2. The van der Waals surface area contributed by atoms with Crippen LogP contribution in [0.5, 0.6) is 0 Å². The van der Waals surface area contributed by atoms with Crippen LogP contribution in [0.15, 0.2) is 42.5 Å². The van der Waals surface area contributed by atoms with Gasteiger partial charge in [-0.3, -0.25) is 13.9 Å². The monoisotopic (exact) mass is 487 g/mol. The number of nitrogens with one attached hydrogen (secondary N) is 1. The summed E-state index contributed by atoms with van der Waals surface area (Å²) in [7, 11) is -3.74. The molecule has 0 saturated carbocycles. The first-order valence-electron chi connectivity index (χ1n) is 11.6. The third kappa shape index (κ3) is 7.58. The summed E-state index contributed by atoms with van der Waals surface area (Å²) in [5.41, 5.74) is 4.02. The van der Waals surface area contributed by atoms with Gasteiger partial charge in [0.15, 0.2) is 0 Å². The maximum atomic E-state index is 13.6. The van der Waals surface area contributed by atoms with Crippen LogP contribution < -0.4 is 9.62 Å². The van der Waals surface area contributed by atoms with Gasteiger partial charge in [-0.2, -0.15) is 0 Å². The Morgan fingerprint density at radius 3 is 2.32 bits per heavy atom. The van der Waals surface area contributed by atoms with Gasteiger partial charge in [0.2, 0.25) is 21.8 Å². The second-order valence-electron chi connectivity index (χ2n) is 8.89. The number of nitrogens with zero attached hydrogens (tertiary/aromatic N) is 2. The summed E-state index contributed by atoms with van der Waals surface area (Å²) in [5.74, 6) is -0.696. The molecule has 0 aliphatic rings. The zero-order chi connectivity index (χ0) is 25.5. The first-order chi connectivity index (χ1) is 15.9. The highest BCUT2D eigenvalue weighted by Gasteiger charge is 2.30. The van der Waals surface area contributed by atoms with Gasteiger partial charge in [0.1, 0.15) is 12.6 Å². The zero-order valence-electron chi connectivity index (χ0n) is 21.1. The predicted octanol–water partition coefficient (Wildman–Crippen LogP) is 3.71. The topological polar surface area (TPSA) is 86.8 Å². The van der Waals surface area contributed by atoms with Gasteiger partial charge in [0.25, 0.3) is 0 Å². The highest BCUT2D eigenvalue weighted by Crippen LogP contribution is 2.24. The first-order valence-corrected chi connectivity index (χ1v) is 13.5. The quantitative estimate of drug-likeness (QED) is 0.490. The number of sulfonamides is 1. The van der Waals surface area contributed by atoms with E-state index in [-0.39, 0.29) is 19.0 Å². The smallest absolute Gasteiger partial charge is 0.244 e. The van der Waals surface area contributed by atoms with Gasteiger partial charge in [0, 0.05) is 13.1 Å². The van der Waals surface area contributed by atoms with Crippen molar-refractivity contribution < 1.29 is 18.0 Å². The van der Waals surface area contributed by atoms with Gasteiger partial charge in [0.05, 0.1) is 11.9 Å². The molecule has 0 aliphatic carbocycles. The molecule has 0 aromatic heterocycles. The lowest BCUT2D eigenvalue weighted by Gasteiger charge is -2.32. The fourth-order valence-electron chi connectivity index (χ4n) is 3.71. The van der Waals surface area contributed by atoms with Crippen molar-refractivity contribution >= 4 is 27.5 Å². The number of amides is 2. The molecule has 0 saturated heterocycles. The molecule has 0 spiro atoms. The molecule has 0 fully saturated rings. The molecule has 1 N–H and O–H groups in total. The van der Waals surface area contributed by atoms with E-state index >= 15 is 0 Å². The number of benzene rings is 2. The van der Waals surface area contributed by atoms with Crippen LogP contribution in [0.4, 0.5) is 5.69 Å². The van der Waals surface area contributed by atoms with E-state index in [2.05, 4.69) is 5.32 Å². The Balaban J connectivity index is 2.39. The molecule has 2 aromatic carbocycles. The fraction of sp³-hybridized carbons (Fsp3) is 0.462. The summed E-state index contributed by atoms with van der Waals surface area (Å²) in [6, 6.07) is 12.4. The van der Waals surface area contributed by atoms with Crippen LogP contribution in [0, 0.1) is 20.8 Å². The molecule has 0 radical (unpaired) electrons. The number of aryl methyl sites for hydroxylation is 3. The minimum absolute atomic E-state index is 0.202. The van der Waals surface area contributed by atoms with Crippen LogP contribution in [0.2, 0.25) is 0 Å². The van der Waals surface area contributed by atoms with E-state index in [4.69, 9.17) is 0 Å². The molecule has 0 bridgehead atoms. The Morgan fingerprint density at radius 1 is 1.03 bits per heavy atom. The molecular formula is C26H37N3O4S. The van der Waals surface area contributed by atoms with E-state index in [1.54, 1.807) is 13.0 Å². The van der Waals surface area contributed by atoms with Crippen molar-refractivity contribution in [3.05, 3.63) is 64.7 Å². The molecule has 1 atom stereocenters. The highest BCUT2D eigenvalue weighted by molar-refractivity contribution is 7.92. The largest absolute Gasteiger partial charge is 0.354 e. The third-order valence-corrected chi connectivity index (χ3v) is 6.87. The van der Waals surface area contributed by atoms with Crippen LogP contribution >= 0.6 is 0 Å². The van der Waals surface area contributed by atoms with Crippen LogP contribution in [0.3, 0.4) is 0 Å². The summed E-state index contributed by atoms with van der Waals surface area (Å²) in [6.07, 6.45) is 2.88. The van der Waals surface area contributed by atoms with E-state index in [1.165, 1.54) is 4.90 Å². The maximum absolute atomic E-state index is 13.6. The summed E-state index contributed by atoms with van der Waals surface area (Å²) in [6.45, 7) is 9.71.